The van der Waals surface area contributed by atoms with E-state index < -0.39 is 12.2 Å². The summed E-state index contributed by atoms with van der Waals surface area (Å²) in [7, 11) is 0. The Kier molecular flexibility index (Phi) is 34.9. The van der Waals surface area contributed by atoms with Crippen molar-refractivity contribution in [3.8, 4) is 0 Å². The second-order valence-electron chi connectivity index (χ2n) is 8.09. The van der Waals surface area contributed by atoms with Crippen LogP contribution in [0.5, 0.6) is 0 Å². The summed E-state index contributed by atoms with van der Waals surface area (Å²) in [6.07, 6.45) is 4.47. The molecule has 0 saturated carbocycles. The summed E-state index contributed by atoms with van der Waals surface area (Å²) in [4.78, 5) is 0. The van der Waals surface area contributed by atoms with Crippen molar-refractivity contribution in [1.82, 2.24) is 21.3 Å². The van der Waals surface area contributed by atoms with E-state index in [0.717, 1.165) is 0 Å². The minimum absolute atomic E-state index is 0.237. The summed E-state index contributed by atoms with van der Waals surface area (Å²) in [6, 6.07) is 0. The molecular formula is C28H54N4O12. The van der Waals surface area contributed by atoms with Crippen LogP contribution < -0.4 is 21.3 Å². The quantitative estimate of drug-likeness (QED) is 0.0419. The zero-order valence-electron chi connectivity index (χ0n) is 25.9. The molecule has 16 heteroatoms. The molecule has 0 aliphatic carbocycles. The predicted octanol–water partition coefficient (Wildman–Crippen LogP) is 0.515. The Morgan fingerprint density at radius 3 is 0.932 bits per heavy atom. The van der Waals surface area contributed by atoms with Gasteiger partial charge in [0, 0.05) is 0 Å². The molecule has 258 valence electrons. The van der Waals surface area contributed by atoms with Crippen LogP contribution >= 0.6 is 0 Å². The van der Waals surface area contributed by atoms with E-state index in [9.17, 15) is 0 Å². The third-order valence-electron chi connectivity index (χ3n) is 4.87. The number of hydrogen-bond donors (Lipinski definition) is 4. The van der Waals surface area contributed by atoms with Crippen molar-refractivity contribution in [3.63, 3.8) is 0 Å². The van der Waals surface area contributed by atoms with Gasteiger partial charge in [-0.05, 0) is 0 Å². The predicted molar refractivity (Wildman–Crippen MR) is 162 cm³/mol. The Hall–Kier alpha value is -2.32. The Balaban J connectivity index is 4.79. The summed E-state index contributed by atoms with van der Waals surface area (Å²) in [5, 5.41) is 11.8. The second kappa shape index (κ2) is 36.9. The minimum Gasteiger partial charge on any atom is -0.487 e. The van der Waals surface area contributed by atoms with Gasteiger partial charge in [0.1, 0.15) is 39.1 Å². The number of hydrogen-bond acceptors (Lipinski definition) is 16. The number of rotatable bonds is 39. The highest BCUT2D eigenvalue weighted by molar-refractivity contribution is 4.71. The maximum Gasteiger partial charge on any atom is 0.140 e. The number of ether oxygens (including phenoxy) is 12. The van der Waals surface area contributed by atoms with Crippen molar-refractivity contribution in [1.29, 1.82) is 0 Å². The largest absolute Gasteiger partial charge is 0.487 e. The first-order chi connectivity index (χ1) is 21.8. The van der Waals surface area contributed by atoms with Gasteiger partial charge in [0.15, 0.2) is 0 Å². The van der Waals surface area contributed by atoms with Crippen molar-refractivity contribution in [3.05, 3.63) is 51.4 Å². The van der Waals surface area contributed by atoms with Crippen LogP contribution in [0.2, 0.25) is 0 Å². The van der Waals surface area contributed by atoms with Gasteiger partial charge < -0.3 is 56.8 Å². The zero-order valence-corrected chi connectivity index (χ0v) is 25.9. The fourth-order valence-electron chi connectivity index (χ4n) is 2.89. The summed E-state index contributed by atoms with van der Waals surface area (Å²) in [5.74, 6) is 0. The van der Waals surface area contributed by atoms with E-state index in [2.05, 4.69) is 47.6 Å². The monoisotopic (exact) mass is 638 g/mol. The fraction of sp³-hybridized carbons (Fsp3) is 0.714. The fourth-order valence-corrected chi connectivity index (χ4v) is 2.89. The van der Waals surface area contributed by atoms with Crippen LogP contribution in [0.25, 0.3) is 0 Å². The van der Waals surface area contributed by atoms with Gasteiger partial charge in [-0.15, -0.1) is 0 Å². The summed E-state index contributed by atoms with van der Waals surface area (Å²) >= 11 is 0. The lowest BCUT2D eigenvalue weighted by Crippen LogP contribution is -2.41. The molecule has 0 aromatic heterocycles. The van der Waals surface area contributed by atoms with Crippen molar-refractivity contribution >= 4 is 0 Å². The van der Waals surface area contributed by atoms with E-state index >= 15 is 0 Å². The van der Waals surface area contributed by atoms with Crippen LogP contribution in [0.3, 0.4) is 0 Å². The molecule has 0 aliphatic rings. The SMILES string of the molecule is C=COCNCOCCOCC(OCCOCNCOC=C)C(COCCOCNCOC=C)OCCOCNCOC=C. The standard InChI is InChI=1S/C28H54N4O12/c1-5-33-19-29-23-39-11-9-37-17-27(43-15-13-41-25-31-21-35-7-3)28(44-16-14-42-26-32-22-36-8-4)18-38-10-12-40-24-30-20-34-6-2/h5-8,27-32H,1-4,9-26H2. The Morgan fingerprint density at radius 1 is 0.364 bits per heavy atom. The summed E-state index contributed by atoms with van der Waals surface area (Å²) in [6.45, 7) is 19.5. The lowest BCUT2D eigenvalue weighted by atomic mass is 10.2. The van der Waals surface area contributed by atoms with Crippen LogP contribution in [0, 0.1) is 0 Å². The summed E-state index contributed by atoms with van der Waals surface area (Å²) in [5.41, 5.74) is 0. The Labute approximate surface area is 261 Å². The van der Waals surface area contributed by atoms with Crippen LogP contribution in [-0.2, 0) is 56.8 Å². The molecule has 16 nitrogen and oxygen atoms in total. The summed E-state index contributed by atoms with van der Waals surface area (Å²) < 4.78 is 65.9. The molecule has 0 bridgehead atoms. The molecule has 0 fully saturated rings. The molecule has 0 radical (unpaired) electrons. The molecule has 0 heterocycles. The highest BCUT2D eigenvalue weighted by atomic mass is 16.6. The van der Waals surface area contributed by atoms with E-state index in [0.29, 0.717) is 107 Å². The van der Waals surface area contributed by atoms with E-state index in [4.69, 9.17) is 56.8 Å². The molecule has 2 atom stereocenters. The highest BCUT2D eigenvalue weighted by Crippen LogP contribution is 2.08. The first kappa shape index (κ1) is 41.7. The molecule has 44 heavy (non-hydrogen) atoms. The van der Waals surface area contributed by atoms with Gasteiger partial charge in [-0.25, -0.2) is 0 Å². The average Bonchev–Trinajstić information content (AvgIpc) is 3.03. The van der Waals surface area contributed by atoms with Gasteiger partial charge in [0.25, 0.3) is 0 Å². The van der Waals surface area contributed by atoms with Gasteiger partial charge in [0.05, 0.1) is 118 Å². The topological polar surface area (TPSA) is 159 Å². The maximum atomic E-state index is 6.11. The molecule has 2 unspecified atom stereocenters. The van der Waals surface area contributed by atoms with Gasteiger partial charge in [0.2, 0.25) is 0 Å². The van der Waals surface area contributed by atoms with Crippen molar-refractivity contribution in [2.75, 3.05) is 120 Å². The Bertz CT molecular complexity index is 587. The molecule has 4 N–H and O–H groups in total. The van der Waals surface area contributed by atoms with E-state index in [1.807, 2.05) is 0 Å². The van der Waals surface area contributed by atoms with E-state index in [1.54, 1.807) is 0 Å². The molecule has 0 rings (SSSR count). The van der Waals surface area contributed by atoms with Crippen LogP contribution in [0.1, 0.15) is 0 Å². The van der Waals surface area contributed by atoms with Gasteiger partial charge in [-0.3, -0.25) is 21.3 Å². The third kappa shape index (κ3) is 31.1. The van der Waals surface area contributed by atoms with Crippen molar-refractivity contribution in [2.45, 2.75) is 12.2 Å². The van der Waals surface area contributed by atoms with E-state index in [1.165, 1.54) is 25.0 Å². The molecule has 0 aromatic rings. The lowest BCUT2D eigenvalue weighted by Gasteiger charge is -2.27. The molecule has 0 aromatic carbocycles. The maximum absolute atomic E-state index is 6.11. The minimum atomic E-state index is -0.465. The highest BCUT2D eigenvalue weighted by Gasteiger charge is 2.24. The van der Waals surface area contributed by atoms with Crippen LogP contribution in [-0.4, -0.2) is 132 Å². The van der Waals surface area contributed by atoms with Crippen molar-refractivity contribution in [2.24, 2.45) is 0 Å². The molecule has 0 aliphatic heterocycles. The third-order valence-corrected chi connectivity index (χ3v) is 4.87. The Morgan fingerprint density at radius 2 is 0.636 bits per heavy atom. The van der Waals surface area contributed by atoms with Gasteiger partial charge in [-0.1, -0.05) is 26.3 Å². The normalized spacial score (nSPS) is 12.3. The van der Waals surface area contributed by atoms with Crippen molar-refractivity contribution < 1.29 is 56.8 Å². The lowest BCUT2D eigenvalue weighted by molar-refractivity contribution is -0.143. The first-order valence-electron chi connectivity index (χ1n) is 14.2. The first-order valence-corrected chi connectivity index (χ1v) is 14.2. The average molecular weight is 639 g/mol. The molecule has 0 saturated heterocycles. The smallest absolute Gasteiger partial charge is 0.140 e. The van der Waals surface area contributed by atoms with E-state index in [-0.39, 0.29) is 13.2 Å². The molecule has 0 spiro atoms. The van der Waals surface area contributed by atoms with Crippen LogP contribution in [0.15, 0.2) is 51.4 Å². The van der Waals surface area contributed by atoms with Gasteiger partial charge >= 0.3 is 0 Å². The number of nitrogens with one attached hydrogen (secondary N) is 4. The zero-order chi connectivity index (χ0) is 32.0. The van der Waals surface area contributed by atoms with Gasteiger partial charge in [-0.2, -0.15) is 0 Å². The molecular weight excluding hydrogens is 584 g/mol. The second-order valence-corrected chi connectivity index (χ2v) is 8.09. The van der Waals surface area contributed by atoms with Crippen LogP contribution in [0.4, 0.5) is 0 Å². The molecule has 0 amide bonds.